The van der Waals surface area contributed by atoms with Crippen molar-refractivity contribution in [2.45, 2.75) is 62.3 Å². The van der Waals surface area contributed by atoms with E-state index in [0.29, 0.717) is 38.5 Å². The van der Waals surface area contributed by atoms with Crippen molar-refractivity contribution in [2.75, 3.05) is 10.6 Å². The molecule has 0 aliphatic carbocycles. The quantitative estimate of drug-likeness (QED) is 0.117. The van der Waals surface area contributed by atoms with Crippen molar-refractivity contribution in [1.82, 2.24) is 4.98 Å². The average Bonchev–Trinajstić information content (AvgIpc) is 3.47. The largest absolute Gasteiger partial charge is 0.339 e. The summed E-state index contributed by atoms with van der Waals surface area (Å²) < 4.78 is 0. The van der Waals surface area contributed by atoms with E-state index >= 15 is 0 Å². The maximum absolute atomic E-state index is 10.2. The van der Waals surface area contributed by atoms with Gasteiger partial charge in [-0.3, -0.25) is 0 Å². The number of anilines is 4. The van der Waals surface area contributed by atoms with E-state index in [1.165, 1.54) is 49.9 Å². The van der Waals surface area contributed by atoms with Crippen LogP contribution in [0.25, 0.3) is 10.8 Å². The van der Waals surface area contributed by atoms with Gasteiger partial charge < -0.3 is 10.6 Å². The SMILES string of the molecule is Cc1[c-]c(N=Nc2c(C)c(C)c3c(C)c(C)c(C)c(C)c3c2C)sc1N=Nc1c(Nc2ccccc2)nc(Nc2ccccc2)c(C#N)c1C.[W]. The number of nitriles is 1. The Kier molecular flexibility index (Phi) is 11.3. The molecule has 0 saturated heterocycles. The molecule has 256 valence electrons. The summed E-state index contributed by atoms with van der Waals surface area (Å²) in [4.78, 5) is 4.83. The number of azo groups is 2. The fourth-order valence-electron chi connectivity index (χ4n) is 6.35. The first-order valence-corrected chi connectivity index (χ1v) is 17.3. The number of fused-ring (bicyclic) bond motifs is 1. The molecule has 10 heteroatoms. The first kappa shape index (κ1) is 37.2. The Hall–Kier alpha value is -5.03. The van der Waals surface area contributed by atoms with Crippen molar-refractivity contribution in [2.24, 2.45) is 20.5 Å². The molecule has 2 N–H and O–H groups in total. The number of hydrogen-bond acceptors (Lipinski definition) is 9. The van der Waals surface area contributed by atoms with Crippen molar-refractivity contribution < 1.29 is 21.1 Å². The number of nitrogens with zero attached hydrogens (tertiary/aromatic N) is 6. The third-order valence-corrected chi connectivity index (χ3v) is 10.6. The van der Waals surface area contributed by atoms with Gasteiger partial charge in [0.05, 0.1) is 11.3 Å². The van der Waals surface area contributed by atoms with Gasteiger partial charge in [-0.2, -0.15) is 26.2 Å². The summed E-state index contributed by atoms with van der Waals surface area (Å²) in [6.45, 7) is 19.0. The molecule has 0 atom stereocenters. The number of rotatable bonds is 8. The van der Waals surface area contributed by atoms with Crippen LogP contribution in [0.5, 0.6) is 0 Å². The smallest absolute Gasteiger partial charge is 0.161 e. The molecule has 0 fully saturated rings. The van der Waals surface area contributed by atoms with Crippen LogP contribution >= 0.6 is 11.3 Å². The van der Waals surface area contributed by atoms with Crippen LogP contribution in [0, 0.1) is 79.7 Å². The number of thiophene rings is 1. The van der Waals surface area contributed by atoms with Gasteiger partial charge in [0.1, 0.15) is 11.8 Å². The molecule has 6 aromatic rings. The third kappa shape index (κ3) is 7.26. The Balaban J connectivity index is 0.00000504. The molecule has 2 heterocycles. The van der Waals surface area contributed by atoms with E-state index in [1.54, 1.807) is 0 Å². The molecule has 0 aliphatic rings. The maximum atomic E-state index is 10.2. The predicted octanol–water partition coefficient (Wildman–Crippen LogP) is 13.1. The zero-order valence-electron chi connectivity index (χ0n) is 30.3. The Morgan fingerprint density at radius 1 is 0.588 bits per heavy atom. The van der Waals surface area contributed by atoms with Crippen LogP contribution in [0.2, 0.25) is 0 Å². The van der Waals surface area contributed by atoms with Gasteiger partial charge in [-0.05, 0) is 134 Å². The van der Waals surface area contributed by atoms with Crippen molar-refractivity contribution in [3.63, 3.8) is 0 Å². The summed E-state index contributed by atoms with van der Waals surface area (Å²) in [5.74, 6) is 0.906. The zero-order valence-corrected chi connectivity index (χ0v) is 34.0. The van der Waals surface area contributed by atoms with Gasteiger partial charge in [-0.15, -0.1) is 0 Å². The second-order valence-electron chi connectivity index (χ2n) is 12.6. The van der Waals surface area contributed by atoms with Crippen LogP contribution in [0.4, 0.5) is 44.4 Å². The first-order valence-electron chi connectivity index (χ1n) is 16.4. The number of pyridine rings is 1. The fourth-order valence-corrected chi connectivity index (χ4v) is 7.11. The minimum Gasteiger partial charge on any atom is -0.339 e. The fraction of sp³-hybridized carbons (Fsp3) is 0.220. The van der Waals surface area contributed by atoms with Crippen LogP contribution in [-0.2, 0) is 21.1 Å². The normalized spacial score (nSPS) is 11.3. The molecule has 0 radical (unpaired) electrons. The topological polar surface area (TPSA) is 110 Å². The second-order valence-corrected chi connectivity index (χ2v) is 13.6. The molecular weight excluding hydrogens is 820 g/mol. The summed E-state index contributed by atoms with van der Waals surface area (Å²) in [7, 11) is 0. The van der Waals surface area contributed by atoms with Crippen molar-refractivity contribution in [3.8, 4) is 6.07 Å². The summed E-state index contributed by atoms with van der Waals surface area (Å²) >= 11 is 1.36. The van der Waals surface area contributed by atoms with Gasteiger partial charge >= 0.3 is 0 Å². The van der Waals surface area contributed by atoms with Crippen molar-refractivity contribution in [1.29, 1.82) is 5.26 Å². The van der Waals surface area contributed by atoms with Gasteiger partial charge in [0.25, 0.3) is 0 Å². The molecule has 6 rings (SSSR count). The van der Waals surface area contributed by atoms with E-state index in [4.69, 9.17) is 10.1 Å². The molecule has 0 aliphatic heterocycles. The molecule has 4 aromatic carbocycles. The number of aromatic nitrogens is 1. The standard InChI is InChI=1S/C41H39N8S.W/c1-22-20-34(46-47-37-28(7)27(6)35-25(4)23(2)24(3)26(5)36(35)30(37)9)50-41(22)49-48-38-29(8)33(21-42)39(43-31-16-12-10-13-17-31)45-40(38)44-32-18-14-11-15-19-32;/h10-19H,1-9H3,(H2,43,44,45);/q-1;. The zero-order chi connectivity index (χ0) is 35.7. The Bertz CT molecular complexity index is 2370. The molecule has 8 nitrogen and oxygen atoms in total. The molecule has 0 saturated carbocycles. The minimum absolute atomic E-state index is 0. The van der Waals surface area contributed by atoms with Crippen molar-refractivity contribution in [3.05, 3.63) is 122 Å². The number of para-hydroxylation sites is 2. The number of benzene rings is 4. The van der Waals surface area contributed by atoms with Crippen LogP contribution in [0.3, 0.4) is 0 Å². The minimum atomic E-state index is 0. The van der Waals surface area contributed by atoms with E-state index in [-0.39, 0.29) is 21.1 Å². The number of hydrogen-bond donors (Lipinski definition) is 2. The Morgan fingerprint density at radius 3 is 1.67 bits per heavy atom. The van der Waals surface area contributed by atoms with Crippen molar-refractivity contribution >= 4 is 66.5 Å². The number of aryl methyl sites for hydroxylation is 5. The molecule has 0 bridgehead atoms. The molecule has 51 heavy (non-hydrogen) atoms. The van der Waals surface area contributed by atoms with Gasteiger partial charge in [-0.25, -0.2) is 27.5 Å². The van der Waals surface area contributed by atoms with Gasteiger partial charge in [-0.1, -0.05) is 43.3 Å². The van der Waals surface area contributed by atoms with E-state index in [1.807, 2.05) is 74.5 Å². The Labute approximate surface area is 318 Å². The summed E-state index contributed by atoms with van der Waals surface area (Å²) in [5.41, 5.74) is 13.6. The third-order valence-electron chi connectivity index (χ3n) is 9.60. The van der Waals surface area contributed by atoms with E-state index in [0.717, 1.165) is 33.8 Å². The summed E-state index contributed by atoms with van der Waals surface area (Å²) in [6, 6.07) is 25.0. The van der Waals surface area contributed by atoms with Crippen LogP contribution in [-0.4, -0.2) is 4.98 Å². The van der Waals surface area contributed by atoms with E-state index in [2.05, 4.69) is 86.6 Å². The summed E-state index contributed by atoms with van der Waals surface area (Å²) in [5, 5.41) is 39.4. The van der Waals surface area contributed by atoms with Gasteiger partial charge in [0.2, 0.25) is 0 Å². The van der Waals surface area contributed by atoms with Crippen LogP contribution in [0.15, 0.2) is 81.1 Å². The number of nitrogens with one attached hydrogen (secondary N) is 2. The first-order chi connectivity index (χ1) is 24.0. The van der Waals surface area contributed by atoms with Gasteiger partial charge in [0, 0.05) is 43.0 Å². The molecule has 0 amide bonds. The van der Waals surface area contributed by atoms with E-state index < -0.39 is 0 Å². The van der Waals surface area contributed by atoms with Crippen LogP contribution in [0.1, 0.15) is 55.6 Å². The van der Waals surface area contributed by atoms with Crippen LogP contribution < -0.4 is 10.6 Å². The summed E-state index contributed by atoms with van der Waals surface area (Å²) in [6.07, 6.45) is 0. The van der Waals surface area contributed by atoms with Gasteiger partial charge in [0.15, 0.2) is 11.6 Å². The predicted molar refractivity (Wildman–Crippen MR) is 206 cm³/mol. The Morgan fingerprint density at radius 2 is 1.10 bits per heavy atom. The maximum Gasteiger partial charge on any atom is 0.161 e. The monoisotopic (exact) mass is 859 g/mol. The molecule has 2 aromatic heterocycles. The van der Waals surface area contributed by atoms with E-state index in [9.17, 15) is 5.26 Å². The molecular formula is C41H39N8SW-. The molecule has 0 unspecified atom stereocenters. The molecule has 0 spiro atoms. The second kappa shape index (κ2) is 15.5. The average molecular weight is 860 g/mol.